The molecule has 1 heterocycles. The van der Waals surface area contributed by atoms with Crippen molar-refractivity contribution in [3.8, 4) is 5.75 Å². The number of para-hydroxylation sites is 1. The highest BCUT2D eigenvalue weighted by Crippen LogP contribution is 2.25. The lowest BCUT2D eigenvalue weighted by Gasteiger charge is -2.08. The van der Waals surface area contributed by atoms with E-state index in [9.17, 15) is 4.79 Å². The Morgan fingerprint density at radius 2 is 1.90 bits per heavy atom. The Balaban J connectivity index is 2.10. The Bertz CT molecular complexity index is 830. The third-order valence-electron chi connectivity index (χ3n) is 3.24. The fourth-order valence-electron chi connectivity index (χ4n) is 2.19. The van der Waals surface area contributed by atoms with Crippen molar-refractivity contribution in [1.82, 2.24) is 4.98 Å². The molecule has 0 aliphatic heterocycles. The maximum atomic E-state index is 12.6. The van der Waals surface area contributed by atoms with Gasteiger partial charge >= 0.3 is 0 Å². The molecular formula is C17H12ClNO2. The average Bonchev–Trinajstić information content (AvgIpc) is 2.53. The third-order valence-corrected chi connectivity index (χ3v) is 3.47. The summed E-state index contributed by atoms with van der Waals surface area (Å²) in [7, 11) is 1.52. The number of methoxy groups -OCH3 is 1. The number of aromatic nitrogens is 1. The molecule has 0 aliphatic carbocycles. The summed E-state index contributed by atoms with van der Waals surface area (Å²) in [6, 6.07) is 16.2. The van der Waals surface area contributed by atoms with Crippen molar-refractivity contribution in [3.05, 3.63) is 70.9 Å². The molecular weight excluding hydrogens is 286 g/mol. The molecule has 2 aromatic carbocycles. The summed E-state index contributed by atoms with van der Waals surface area (Å²) < 4.78 is 5.22. The summed E-state index contributed by atoms with van der Waals surface area (Å²) in [6.45, 7) is 0. The zero-order chi connectivity index (χ0) is 14.8. The number of hydrogen-bond donors (Lipinski definition) is 0. The minimum atomic E-state index is -0.208. The van der Waals surface area contributed by atoms with Crippen LogP contribution in [0.4, 0.5) is 0 Å². The predicted octanol–water partition coefficient (Wildman–Crippen LogP) is 4.13. The molecule has 0 fully saturated rings. The van der Waals surface area contributed by atoms with Crippen molar-refractivity contribution in [2.45, 2.75) is 0 Å². The topological polar surface area (TPSA) is 39.2 Å². The zero-order valence-corrected chi connectivity index (χ0v) is 12.1. The van der Waals surface area contributed by atoms with Crippen LogP contribution in [0, 0.1) is 0 Å². The molecule has 0 saturated carbocycles. The van der Waals surface area contributed by atoms with E-state index in [1.807, 2.05) is 30.3 Å². The largest absolute Gasteiger partial charge is 0.496 e. The molecule has 0 unspecified atom stereocenters. The first-order chi connectivity index (χ1) is 10.2. The van der Waals surface area contributed by atoms with Gasteiger partial charge in [0.2, 0.25) is 5.78 Å². The van der Waals surface area contributed by atoms with Crippen molar-refractivity contribution in [3.63, 3.8) is 0 Å². The molecule has 0 bridgehead atoms. The Morgan fingerprint density at radius 3 is 2.71 bits per heavy atom. The fraction of sp³-hybridized carbons (Fsp3) is 0.0588. The van der Waals surface area contributed by atoms with E-state index in [0.717, 1.165) is 10.9 Å². The first kappa shape index (κ1) is 13.6. The summed E-state index contributed by atoms with van der Waals surface area (Å²) in [5, 5.41) is 1.48. The van der Waals surface area contributed by atoms with Crippen LogP contribution in [-0.4, -0.2) is 17.9 Å². The van der Waals surface area contributed by atoms with Gasteiger partial charge in [0.1, 0.15) is 11.4 Å². The highest BCUT2D eigenvalue weighted by molar-refractivity contribution is 6.31. The second-order valence-corrected chi connectivity index (χ2v) is 5.00. The van der Waals surface area contributed by atoms with Crippen molar-refractivity contribution < 1.29 is 9.53 Å². The Kier molecular flexibility index (Phi) is 3.59. The summed E-state index contributed by atoms with van der Waals surface area (Å²) in [6.07, 6.45) is 0. The van der Waals surface area contributed by atoms with Gasteiger partial charge in [-0.1, -0.05) is 35.9 Å². The Labute approximate surface area is 127 Å². The number of carbonyl (C=O) groups excluding carboxylic acids is 1. The maximum Gasteiger partial charge on any atom is 0.215 e. The van der Waals surface area contributed by atoms with E-state index >= 15 is 0 Å². The second-order valence-electron chi connectivity index (χ2n) is 4.56. The maximum absolute atomic E-state index is 12.6. The van der Waals surface area contributed by atoms with Crippen LogP contribution in [0.15, 0.2) is 54.6 Å². The zero-order valence-electron chi connectivity index (χ0n) is 11.3. The quantitative estimate of drug-likeness (QED) is 0.682. The Morgan fingerprint density at radius 1 is 1.10 bits per heavy atom. The predicted molar refractivity (Wildman–Crippen MR) is 83.2 cm³/mol. The van der Waals surface area contributed by atoms with Gasteiger partial charge in [-0.25, -0.2) is 4.98 Å². The minimum absolute atomic E-state index is 0.208. The van der Waals surface area contributed by atoms with Crippen LogP contribution >= 0.6 is 11.6 Å². The molecule has 0 N–H and O–H groups in total. The van der Waals surface area contributed by atoms with Crippen LogP contribution in [0.3, 0.4) is 0 Å². The van der Waals surface area contributed by atoms with Gasteiger partial charge in [0.15, 0.2) is 0 Å². The Hall–Kier alpha value is -2.39. The number of fused-ring (bicyclic) bond motifs is 1. The number of nitrogens with zero attached hydrogens (tertiary/aromatic N) is 1. The van der Waals surface area contributed by atoms with Gasteiger partial charge in [0, 0.05) is 10.4 Å². The summed E-state index contributed by atoms with van der Waals surface area (Å²) in [5.41, 5.74) is 1.56. The van der Waals surface area contributed by atoms with Gasteiger partial charge < -0.3 is 4.74 Å². The molecule has 0 radical (unpaired) electrons. The van der Waals surface area contributed by atoms with Gasteiger partial charge in [-0.05, 0) is 30.3 Å². The number of benzene rings is 2. The van der Waals surface area contributed by atoms with Crippen molar-refractivity contribution in [2.24, 2.45) is 0 Å². The summed E-state index contributed by atoms with van der Waals surface area (Å²) >= 11 is 5.97. The van der Waals surface area contributed by atoms with E-state index < -0.39 is 0 Å². The summed E-state index contributed by atoms with van der Waals surface area (Å²) in [4.78, 5) is 17.0. The monoisotopic (exact) mass is 297 g/mol. The first-order valence-corrected chi connectivity index (χ1v) is 6.81. The second kappa shape index (κ2) is 5.54. The molecule has 1 aromatic heterocycles. The van der Waals surface area contributed by atoms with Crippen molar-refractivity contribution in [2.75, 3.05) is 7.11 Å². The van der Waals surface area contributed by atoms with E-state index in [1.165, 1.54) is 7.11 Å². The molecule has 21 heavy (non-hydrogen) atoms. The molecule has 0 spiro atoms. The molecule has 0 atom stereocenters. The van der Waals surface area contributed by atoms with Crippen LogP contribution in [0.1, 0.15) is 16.1 Å². The minimum Gasteiger partial charge on any atom is -0.496 e. The van der Waals surface area contributed by atoms with Gasteiger partial charge in [-0.2, -0.15) is 0 Å². The lowest BCUT2D eigenvalue weighted by Crippen LogP contribution is -2.06. The first-order valence-electron chi connectivity index (χ1n) is 6.43. The van der Waals surface area contributed by atoms with Crippen LogP contribution in [0.2, 0.25) is 5.02 Å². The van der Waals surface area contributed by atoms with Gasteiger partial charge in [0.05, 0.1) is 18.2 Å². The average molecular weight is 298 g/mol. The SMILES string of the molecule is COc1ccc(Cl)cc1C(=O)c1ccc2ccccc2n1. The van der Waals surface area contributed by atoms with Gasteiger partial charge in [-0.15, -0.1) is 0 Å². The van der Waals surface area contributed by atoms with E-state index in [1.54, 1.807) is 24.3 Å². The van der Waals surface area contributed by atoms with E-state index in [0.29, 0.717) is 22.0 Å². The smallest absolute Gasteiger partial charge is 0.215 e. The summed E-state index contributed by atoms with van der Waals surface area (Å²) in [5.74, 6) is 0.277. The molecule has 3 rings (SSSR count). The molecule has 4 heteroatoms. The number of ketones is 1. The van der Waals surface area contributed by atoms with Crippen LogP contribution in [0.5, 0.6) is 5.75 Å². The standard InChI is InChI=1S/C17H12ClNO2/c1-21-16-9-7-12(18)10-13(16)17(20)15-8-6-11-4-2-3-5-14(11)19-15/h2-10H,1H3. The van der Waals surface area contributed by atoms with Crippen LogP contribution in [-0.2, 0) is 0 Å². The van der Waals surface area contributed by atoms with E-state index in [4.69, 9.17) is 16.3 Å². The van der Waals surface area contributed by atoms with Crippen LogP contribution in [0.25, 0.3) is 10.9 Å². The van der Waals surface area contributed by atoms with E-state index in [-0.39, 0.29) is 5.78 Å². The molecule has 3 aromatic rings. The lowest BCUT2D eigenvalue weighted by atomic mass is 10.1. The lowest BCUT2D eigenvalue weighted by molar-refractivity contribution is 0.103. The van der Waals surface area contributed by atoms with Crippen LogP contribution < -0.4 is 4.74 Å². The highest BCUT2D eigenvalue weighted by atomic mass is 35.5. The number of rotatable bonds is 3. The fourth-order valence-corrected chi connectivity index (χ4v) is 2.36. The van der Waals surface area contributed by atoms with E-state index in [2.05, 4.69) is 4.98 Å². The number of pyridine rings is 1. The van der Waals surface area contributed by atoms with Crippen molar-refractivity contribution in [1.29, 1.82) is 0 Å². The highest BCUT2D eigenvalue weighted by Gasteiger charge is 2.16. The molecule has 104 valence electrons. The number of hydrogen-bond acceptors (Lipinski definition) is 3. The molecule has 3 nitrogen and oxygen atoms in total. The number of carbonyl (C=O) groups is 1. The molecule has 0 saturated heterocycles. The normalized spacial score (nSPS) is 10.6. The third kappa shape index (κ3) is 2.60. The van der Waals surface area contributed by atoms with Gasteiger partial charge in [0.25, 0.3) is 0 Å². The molecule has 0 aliphatic rings. The number of ether oxygens (including phenoxy) is 1. The number of halogens is 1. The molecule has 0 amide bonds. The van der Waals surface area contributed by atoms with Gasteiger partial charge in [-0.3, -0.25) is 4.79 Å². The van der Waals surface area contributed by atoms with Crippen molar-refractivity contribution >= 4 is 28.3 Å².